The Labute approximate surface area is 172 Å². The lowest BCUT2D eigenvalue weighted by molar-refractivity contribution is -0.133. The number of aromatic nitrogens is 3. The van der Waals surface area contributed by atoms with Crippen LogP contribution in [0.25, 0.3) is 11.4 Å². The number of rotatable bonds is 6. The van der Waals surface area contributed by atoms with Gasteiger partial charge in [-0.3, -0.25) is 4.79 Å². The Balaban J connectivity index is 2.20. The molecular weight excluding hydrogens is 370 g/mol. The van der Waals surface area contributed by atoms with Crippen molar-refractivity contribution in [3.63, 3.8) is 0 Å². The molecule has 1 aromatic heterocycles. The van der Waals surface area contributed by atoms with Gasteiger partial charge in [0.2, 0.25) is 11.1 Å². The van der Waals surface area contributed by atoms with Crippen molar-refractivity contribution in [2.45, 2.75) is 83.3 Å². The van der Waals surface area contributed by atoms with E-state index in [0.717, 1.165) is 5.56 Å². The van der Waals surface area contributed by atoms with Crippen LogP contribution >= 0.6 is 11.8 Å². The molecule has 0 spiro atoms. The molecule has 0 saturated carbocycles. The van der Waals surface area contributed by atoms with Crippen LogP contribution in [0.15, 0.2) is 29.4 Å². The van der Waals surface area contributed by atoms with Gasteiger partial charge in [0.25, 0.3) is 0 Å². The topological polar surface area (TPSA) is 77.0 Å². The minimum absolute atomic E-state index is 0.0779. The van der Waals surface area contributed by atoms with E-state index in [2.05, 4.69) is 43.1 Å². The summed E-state index contributed by atoms with van der Waals surface area (Å²) in [6.07, 6.45) is 0. The molecule has 7 heteroatoms. The molecule has 1 amide bonds. The molecule has 0 aliphatic rings. The molecule has 1 heterocycles. The second-order valence-corrected chi connectivity index (χ2v) is 10.0. The lowest BCUT2D eigenvalue weighted by Crippen LogP contribution is -2.45. The van der Waals surface area contributed by atoms with Crippen LogP contribution in [0, 0.1) is 0 Å². The summed E-state index contributed by atoms with van der Waals surface area (Å²) in [6.45, 7) is 16.5. The standard InChI is InChI=1S/C21H33N5OS/c1-13(2)25(14(3)4)19(27)15(5)28-20-24-23-18(26(20)22)16-9-11-17(12-10-16)21(6,7)8/h9-15H,22H2,1-8H3/t15-/m1/s1. The van der Waals surface area contributed by atoms with Crippen LogP contribution in [-0.4, -0.2) is 43.0 Å². The largest absolute Gasteiger partial charge is 0.337 e. The second-order valence-electron chi connectivity index (χ2n) is 8.70. The van der Waals surface area contributed by atoms with E-state index < -0.39 is 0 Å². The molecule has 0 fully saturated rings. The number of benzene rings is 1. The van der Waals surface area contributed by atoms with Crippen molar-refractivity contribution >= 4 is 17.7 Å². The van der Waals surface area contributed by atoms with Crippen LogP contribution in [0.3, 0.4) is 0 Å². The van der Waals surface area contributed by atoms with Crippen LogP contribution in [0.1, 0.15) is 61.0 Å². The van der Waals surface area contributed by atoms with E-state index in [9.17, 15) is 4.79 Å². The molecule has 2 N–H and O–H groups in total. The zero-order valence-corrected chi connectivity index (χ0v) is 19.0. The SMILES string of the molecule is CC(C)N(C(=O)[C@@H](C)Sc1nnc(-c2ccc(C(C)(C)C)cc2)n1N)C(C)C. The molecule has 1 atom stereocenters. The molecule has 6 nitrogen and oxygen atoms in total. The molecule has 154 valence electrons. The number of nitrogens with two attached hydrogens (primary N) is 1. The number of nitrogen functional groups attached to an aromatic ring is 1. The van der Waals surface area contributed by atoms with E-state index >= 15 is 0 Å². The Morgan fingerprint density at radius 3 is 2.04 bits per heavy atom. The Bertz CT molecular complexity index is 797. The maximum atomic E-state index is 12.9. The van der Waals surface area contributed by atoms with Crippen LogP contribution in [0.4, 0.5) is 0 Å². The fraction of sp³-hybridized carbons (Fsp3) is 0.571. The summed E-state index contributed by atoms with van der Waals surface area (Å²) in [6, 6.07) is 8.48. The van der Waals surface area contributed by atoms with Crippen molar-refractivity contribution in [1.82, 2.24) is 19.8 Å². The van der Waals surface area contributed by atoms with Gasteiger partial charge in [0, 0.05) is 17.6 Å². The third-order valence-corrected chi connectivity index (χ3v) is 5.72. The average Bonchev–Trinajstić information content (AvgIpc) is 2.94. The number of hydrogen-bond donors (Lipinski definition) is 1. The number of nitrogens with zero attached hydrogens (tertiary/aromatic N) is 4. The molecule has 0 unspecified atom stereocenters. The quantitative estimate of drug-likeness (QED) is 0.581. The molecule has 0 aliphatic carbocycles. The first kappa shape index (κ1) is 22.3. The van der Waals surface area contributed by atoms with Gasteiger partial charge >= 0.3 is 0 Å². The van der Waals surface area contributed by atoms with Gasteiger partial charge in [0.1, 0.15) is 0 Å². The van der Waals surface area contributed by atoms with Crippen molar-refractivity contribution < 1.29 is 4.79 Å². The summed E-state index contributed by atoms with van der Waals surface area (Å²) >= 11 is 1.34. The van der Waals surface area contributed by atoms with E-state index in [-0.39, 0.29) is 28.7 Å². The van der Waals surface area contributed by atoms with Gasteiger partial charge in [0.15, 0.2) is 5.82 Å². The molecule has 2 rings (SSSR count). The van der Waals surface area contributed by atoms with Crippen LogP contribution < -0.4 is 5.84 Å². The Morgan fingerprint density at radius 1 is 1.04 bits per heavy atom. The summed E-state index contributed by atoms with van der Waals surface area (Å²) in [5.74, 6) is 6.92. The zero-order chi connectivity index (χ0) is 21.2. The maximum absolute atomic E-state index is 12.9. The molecule has 28 heavy (non-hydrogen) atoms. The van der Waals surface area contributed by atoms with Crippen molar-refractivity contribution in [3.05, 3.63) is 29.8 Å². The summed E-state index contributed by atoms with van der Waals surface area (Å²) < 4.78 is 1.47. The smallest absolute Gasteiger partial charge is 0.236 e. The summed E-state index contributed by atoms with van der Waals surface area (Å²) in [7, 11) is 0. The summed E-state index contributed by atoms with van der Waals surface area (Å²) in [5.41, 5.74) is 2.24. The first-order valence-corrected chi connectivity index (χ1v) is 10.6. The summed E-state index contributed by atoms with van der Waals surface area (Å²) in [5, 5.41) is 8.69. The van der Waals surface area contributed by atoms with Gasteiger partial charge in [-0.2, -0.15) is 0 Å². The van der Waals surface area contributed by atoms with Crippen LogP contribution in [0.5, 0.6) is 0 Å². The van der Waals surface area contributed by atoms with E-state index in [1.54, 1.807) is 0 Å². The molecule has 0 saturated heterocycles. The van der Waals surface area contributed by atoms with E-state index in [0.29, 0.717) is 11.0 Å². The average molecular weight is 404 g/mol. The van der Waals surface area contributed by atoms with E-state index in [4.69, 9.17) is 5.84 Å². The molecule has 0 bridgehead atoms. The molecule has 0 aliphatic heterocycles. The highest BCUT2D eigenvalue weighted by Gasteiger charge is 2.27. The first-order valence-electron chi connectivity index (χ1n) is 9.73. The van der Waals surface area contributed by atoms with Crippen LogP contribution in [0.2, 0.25) is 0 Å². The highest BCUT2D eigenvalue weighted by atomic mass is 32.2. The number of hydrogen-bond acceptors (Lipinski definition) is 5. The highest BCUT2D eigenvalue weighted by molar-refractivity contribution is 8.00. The molecular formula is C21H33N5OS. The lowest BCUT2D eigenvalue weighted by atomic mass is 9.87. The molecule has 2 aromatic rings. The number of amides is 1. The minimum atomic E-state index is -0.299. The normalized spacial score (nSPS) is 13.2. The van der Waals surface area contributed by atoms with Gasteiger partial charge < -0.3 is 10.7 Å². The third-order valence-electron chi connectivity index (χ3n) is 4.67. The van der Waals surface area contributed by atoms with E-state index in [1.807, 2.05) is 51.7 Å². The monoisotopic (exact) mass is 403 g/mol. The van der Waals surface area contributed by atoms with Crippen molar-refractivity contribution in [3.8, 4) is 11.4 Å². The maximum Gasteiger partial charge on any atom is 0.236 e. The Morgan fingerprint density at radius 2 is 1.57 bits per heavy atom. The zero-order valence-electron chi connectivity index (χ0n) is 18.2. The van der Waals surface area contributed by atoms with Crippen molar-refractivity contribution in [2.75, 3.05) is 5.84 Å². The third kappa shape index (κ3) is 4.87. The highest BCUT2D eigenvalue weighted by Crippen LogP contribution is 2.28. The first-order chi connectivity index (χ1) is 12.9. The van der Waals surface area contributed by atoms with Crippen molar-refractivity contribution in [2.24, 2.45) is 0 Å². The Hall–Kier alpha value is -2.02. The van der Waals surface area contributed by atoms with E-state index in [1.165, 1.54) is 22.0 Å². The second kappa shape index (κ2) is 8.55. The number of thioether (sulfide) groups is 1. The minimum Gasteiger partial charge on any atom is -0.337 e. The fourth-order valence-corrected chi connectivity index (χ4v) is 4.02. The van der Waals surface area contributed by atoms with Gasteiger partial charge in [-0.15, -0.1) is 10.2 Å². The summed E-state index contributed by atoms with van der Waals surface area (Å²) in [4.78, 5) is 14.7. The Kier molecular flexibility index (Phi) is 6.80. The van der Waals surface area contributed by atoms with Gasteiger partial charge in [-0.1, -0.05) is 56.8 Å². The van der Waals surface area contributed by atoms with Crippen LogP contribution in [-0.2, 0) is 10.2 Å². The predicted octanol–water partition coefficient (Wildman–Crippen LogP) is 4.08. The predicted molar refractivity (Wildman–Crippen MR) is 117 cm³/mol. The number of carbonyl (C=O) groups is 1. The molecule has 0 radical (unpaired) electrons. The lowest BCUT2D eigenvalue weighted by Gasteiger charge is -2.32. The van der Waals surface area contributed by atoms with Crippen molar-refractivity contribution in [1.29, 1.82) is 0 Å². The van der Waals surface area contributed by atoms with Gasteiger partial charge in [0.05, 0.1) is 5.25 Å². The fourth-order valence-electron chi connectivity index (χ4n) is 3.20. The molecule has 1 aromatic carbocycles. The van der Waals surface area contributed by atoms with Gasteiger partial charge in [-0.25, -0.2) is 4.68 Å². The number of carbonyl (C=O) groups excluding carboxylic acids is 1. The van der Waals surface area contributed by atoms with Gasteiger partial charge in [-0.05, 0) is 45.6 Å².